The summed E-state index contributed by atoms with van der Waals surface area (Å²) >= 11 is 6.45. The first-order chi connectivity index (χ1) is 8.24. The molecule has 0 radical (unpaired) electrons. The fourth-order valence-electron chi connectivity index (χ4n) is 1.84. The van der Waals surface area contributed by atoms with E-state index in [1.54, 1.807) is 0 Å². The monoisotopic (exact) mass is 407 g/mol. The molecule has 1 nitrogen and oxygen atoms in total. The fraction of sp³-hybridized carbons (Fsp3) is 0.500. The topological polar surface area (TPSA) is 26.0 Å². The second kappa shape index (κ2) is 11.8. The standard InChI is InChI=1S/C14H21NS2.Ba.2H/c1-2-3-4-5-6-9-12-10-7-8-11-13(12)17-14(15)16;;;/h7-8,10-11H,2-6,9H2,1H3,(H2,15,16);;;. The summed E-state index contributed by atoms with van der Waals surface area (Å²) in [5.74, 6) is 0. The van der Waals surface area contributed by atoms with E-state index in [4.69, 9.17) is 18.0 Å². The zero-order chi connectivity index (χ0) is 12.5. The number of unbranched alkanes of at least 4 members (excludes halogenated alkanes) is 4. The van der Waals surface area contributed by atoms with Crippen molar-refractivity contribution < 1.29 is 0 Å². The molecular weight excluding hydrogens is 384 g/mol. The molecule has 98 valence electrons. The van der Waals surface area contributed by atoms with E-state index in [-0.39, 0.29) is 48.9 Å². The molecular formula is C14H23BaNS2. The van der Waals surface area contributed by atoms with Crippen LogP contribution in [0.5, 0.6) is 0 Å². The van der Waals surface area contributed by atoms with Gasteiger partial charge in [0.1, 0.15) is 4.32 Å². The number of rotatable bonds is 7. The Kier molecular flexibility index (Phi) is 12.5. The summed E-state index contributed by atoms with van der Waals surface area (Å²) in [4.78, 5) is 1.22. The molecule has 1 aromatic carbocycles. The summed E-state index contributed by atoms with van der Waals surface area (Å²) in [6, 6.07) is 8.41. The molecule has 1 aromatic rings. The van der Waals surface area contributed by atoms with Gasteiger partial charge >= 0.3 is 48.9 Å². The molecule has 0 unspecified atom stereocenters. The van der Waals surface area contributed by atoms with Crippen LogP contribution in [0, 0.1) is 0 Å². The molecule has 0 aliphatic rings. The molecule has 0 atom stereocenters. The molecule has 0 fully saturated rings. The average molecular weight is 407 g/mol. The predicted molar refractivity (Wildman–Crippen MR) is 90.1 cm³/mol. The van der Waals surface area contributed by atoms with Crippen LogP contribution in [0.1, 0.15) is 44.6 Å². The normalized spacial score (nSPS) is 9.83. The maximum atomic E-state index is 5.58. The van der Waals surface area contributed by atoms with Gasteiger partial charge in [0.05, 0.1) is 0 Å². The van der Waals surface area contributed by atoms with Gasteiger partial charge in [-0.1, -0.05) is 74.8 Å². The number of hydrogen-bond acceptors (Lipinski definition) is 2. The van der Waals surface area contributed by atoms with E-state index >= 15 is 0 Å². The Hall–Kier alpha value is 1.03. The van der Waals surface area contributed by atoms with Crippen LogP contribution in [-0.4, -0.2) is 53.2 Å². The van der Waals surface area contributed by atoms with Crippen molar-refractivity contribution in [2.75, 3.05) is 0 Å². The number of benzene rings is 1. The Bertz CT molecular complexity index is 355. The number of thiocarbonyl (C=S) groups is 1. The zero-order valence-electron chi connectivity index (χ0n) is 10.4. The van der Waals surface area contributed by atoms with Gasteiger partial charge in [-0.15, -0.1) is 0 Å². The molecule has 1 rings (SSSR count). The van der Waals surface area contributed by atoms with E-state index in [2.05, 4.69) is 25.1 Å². The van der Waals surface area contributed by atoms with Crippen molar-refractivity contribution in [2.45, 2.75) is 50.3 Å². The quantitative estimate of drug-likeness (QED) is 0.324. The third-order valence-electron chi connectivity index (χ3n) is 2.73. The first kappa shape index (κ1) is 19.0. The van der Waals surface area contributed by atoms with Gasteiger partial charge in [0.2, 0.25) is 0 Å². The van der Waals surface area contributed by atoms with Gasteiger partial charge in [0.25, 0.3) is 0 Å². The summed E-state index contributed by atoms with van der Waals surface area (Å²) in [5, 5.41) is 0. The molecule has 18 heavy (non-hydrogen) atoms. The number of aryl methyl sites for hydroxylation is 1. The van der Waals surface area contributed by atoms with Crippen molar-refractivity contribution >= 4 is 77.2 Å². The van der Waals surface area contributed by atoms with Crippen LogP contribution in [-0.2, 0) is 6.42 Å². The van der Waals surface area contributed by atoms with Gasteiger partial charge in [0, 0.05) is 4.90 Å². The molecule has 0 aliphatic carbocycles. The summed E-state index contributed by atoms with van der Waals surface area (Å²) in [6.45, 7) is 2.24. The minimum atomic E-state index is 0. The van der Waals surface area contributed by atoms with Crippen molar-refractivity contribution in [2.24, 2.45) is 5.73 Å². The molecule has 0 aliphatic heterocycles. The SMILES string of the molecule is CCCCCCCc1ccccc1SC(N)=S.[BaH2]. The average Bonchev–Trinajstić information content (AvgIpc) is 2.30. The van der Waals surface area contributed by atoms with Gasteiger partial charge in [-0.05, 0) is 24.5 Å². The molecule has 2 N–H and O–H groups in total. The van der Waals surface area contributed by atoms with Gasteiger partial charge in [-0.25, -0.2) is 0 Å². The second-order valence-corrected chi connectivity index (χ2v) is 5.98. The minimum absolute atomic E-state index is 0. The molecule has 0 aromatic heterocycles. The summed E-state index contributed by atoms with van der Waals surface area (Å²) in [6.07, 6.45) is 7.71. The van der Waals surface area contributed by atoms with Crippen molar-refractivity contribution in [1.29, 1.82) is 0 Å². The Morgan fingerprint density at radius 3 is 2.50 bits per heavy atom. The van der Waals surface area contributed by atoms with E-state index in [1.165, 1.54) is 54.3 Å². The van der Waals surface area contributed by atoms with Gasteiger partial charge in [0.15, 0.2) is 0 Å². The van der Waals surface area contributed by atoms with E-state index < -0.39 is 0 Å². The number of thioether (sulfide) groups is 1. The predicted octanol–water partition coefficient (Wildman–Crippen LogP) is 3.62. The Labute approximate surface area is 161 Å². The van der Waals surface area contributed by atoms with Crippen LogP contribution in [0.15, 0.2) is 29.2 Å². The molecule has 0 bridgehead atoms. The molecule has 0 saturated heterocycles. The third kappa shape index (κ3) is 8.25. The summed E-state index contributed by atoms with van der Waals surface area (Å²) in [5.41, 5.74) is 6.96. The van der Waals surface area contributed by atoms with Crippen molar-refractivity contribution in [1.82, 2.24) is 0 Å². The molecule has 0 heterocycles. The number of hydrogen-bond donors (Lipinski definition) is 1. The van der Waals surface area contributed by atoms with Gasteiger partial charge in [-0.3, -0.25) is 0 Å². The van der Waals surface area contributed by atoms with E-state index in [1.807, 2.05) is 6.07 Å². The second-order valence-electron chi connectivity index (χ2n) is 4.19. The Morgan fingerprint density at radius 1 is 1.17 bits per heavy atom. The van der Waals surface area contributed by atoms with Crippen LogP contribution >= 0.6 is 24.0 Å². The van der Waals surface area contributed by atoms with Crippen LogP contribution in [0.25, 0.3) is 0 Å². The fourth-order valence-corrected chi connectivity index (χ4v) is 2.77. The zero-order valence-corrected chi connectivity index (χ0v) is 12.1. The van der Waals surface area contributed by atoms with Crippen LogP contribution in [0.2, 0.25) is 0 Å². The van der Waals surface area contributed by atoms with Gasteiger partial charge in [-0.2, -0.15) is 0 Å². The van der Waals surface area contributed by atoms with Crippen LogP contribution < -0.4 is 5.73 Å². The Morgan fingerprint density at radius 2 is 1.83 bits per heavy atom. The van der Waals surface area contributed by atoms with Crippen LogP contribution in [0.3, 0.4) is 0 Å². The van der Waals surface area contributed by atoms with E-state index in [9.17, 15) is 0 Å². The first-order valence-corrected chi connectivity index (χ1v) is 7.51. The van der Waals surface area contributed by atoms with E-state index in [0.717, 1.165) is 6.42 Å². The molecule has 0 amide bonds. The van der Waals surface area contributed by atoms with Crippen LogP contribution in [0.4, 0.5) is 0 Å². The van der Waals surface area contributed by atoms with Gasteiger partial charge < -0.3 is 5.73 Å². The third-order valence-corrected chi connectivity index (χ3v) is 3.80. The van der Waals surface area contributed by atoms with Crippen molar-refractivity contribution in [3.05, 3.63) is 29.8 Å². The first-order valence-electron chi connectivity index (χ1n) is 6.29. The van der Waals surface area contributed by atoms with Crippen molar-refractivity contribution in [3.8, 4) is 0 Å². The Balaban J connectivity index is 0.00000289. The van der Waals surface area contributed by atoms with Crippen molar-refractivity contribution in [3.63, 3.8) is 0 Å². The molecule has 4 heteroatoms. The summed E-state index contributed by atoms with van der Waals surface area (Å²) < 4.78 is 0.503. The van der Waals surface area contributed by atoms with E-state index in [0.29, 0.717) is 4.32 Å². The molecule has 0 saturated carbocycles. The molecule has 0 spiro atoms. The maximum absolute atomic E-state index is 5.58. The number of nitrogens with two attached hydrogens (primary N) is 1. The summed E-state index contributed by atoms with van der Waals surface area (Å²) in [7, 11) is 0.